The van der Waals surface area contributed by atoms with Gasteiger partial charge >= 0.3 is 0 Å². The molecule has 5 nitrogen and oxygen atoms in total. The largest absolute Gasteiger partial charge is 0.494 e. The molecule has 0 saturated heterocycles. The maximum Gasteiger partial charge on any atom is 0.257 e. The van der Waals surface area contributed by atoms with E-state index in [0.29, 0.717) is 28.4 Å². The number of carbonyl (C=O) groups excluding carboxylic acids is 1. The molecular weight excluding hydrogens is 478 g/mol. The maximum atomic E-state index is 13.6. The topological polar surface area (TPSA) is 75.0 Å². The number of ether oxygens (including phenoxy) is 1. The minimum atomic E-state index is -0.285. The van der Waals surface area contributed by atoms with E-state index < -0.39 is 0 Å². The van der Waals surface area contributed by atoms with E-state index in [1.54, 1.807) is 6.07 Å². The van der Waals surface area contributed by atoms with Gasteiger partial charge in [-0.05, 0) is 56.2 Å². The third kappa shape index (κ3) is 4.82. The predicted molar refractivity (Wildman–Crippen MR) is 150 cm³/mol. The average molecular weight is 504 g/mol. The van der Waals surface area contributed by atoms with Crippen LogP contribution in [0.1, 0.15) is 34.0 Å². The number of carbonyl (C=O) groups is 1. The van der Waals surface area contributed by atoms with Crippen molar-refractivity contribution in [2.45, 2.75) is 20.8 Å². The second kappa shape index (κ2) is 10.3. The van der Waals surface area contributed by atoms with Crippen molar-refractivity contribution in [2.24, 2.45) is 0 Å². The fourth-order valence-corrected chi connectivity index (χ4v) is 5.28. The Bertz CT molecular complexity index is 1680. The van der Waals surface area contributed by atoms with Crippen molar-refractivity contribution in [3.05, 3.63) is 100 Å². The van der Waals surface area contributed by atoms with E-state index in [4.69, 9.17) is 9.72 Å². The van der Waals surface area contributed by atoms with E-state index in [1.165, 1.54) is 11.3 Å². The molecule has 0 aliphatic carbocycles. The van der Waals surface area contributed by atoms with Crippen LogP contribution in [0.15, 0.2) is 78.2 Å². The molecule has 0 saturated carbocycles. The van der Waals surface area contributed by atoms with Crippen LogP contribution in [0.5, 0.6) is 5.75 Å². The summed E-state index contributed by atoms with van der Waals surface area (Å²) in [6.45, 7) is 6.56. The van der Waals surface area contributed by atoms with Gasteiger partial charge in [-0.25, -0.2) is 4.98 Å². The zero-order chi connectivity index (χ0) is 25.9. The van der Waals surface area contributed by atoms with Crippen molar-refractivity contribution in [3.63, 3.8) is 0 Å². The molecule has 1 N–H and O–H groups in total. The molecule has 0 fully saturated rings. The van der Waals surface area contributed by atoms with Crippen molar-refractivity contribution < 1.29 is 9.53 Å². The van der Waals surface area contributed by atoms with Gasteiger partial charge in [-0.15, -0.1) is 11.3 Å². The Morgan fingerprint density at radius 3 is 2.68 bits per heavy atom. The van der Waals surface area contributed by atoms with Crippen molar-refractivity contribution in [3.8, 4) is 34.2 Å². The fourth-order valence-electron chi connectivity index (χ4n) is 4.38. The molecule has 37 heavy (non-hydrogen) atoms. The highest BCUT2D eigenvalue weighted by atomic mass is 32.1. The monoisotopic (exact) mass is 503 g/mol. The number of benzene rings is 3. The Morgan fingerprint density at radius 2 is 1.86 bits per heavy atom. The number of rotatable bonds is 6. The van der Waals surface area contributed by atoms with E-state index in [0.717, 1.165) is 44.5 Å². The van der Waals surface area contributed by atoms with Crippen LogP contribution in [-0.4, -0.2) is 17.5 Å². The molecule has 0 bridgehead atoms. The SMILES string of the molecule is CCOc1cccc(-c2cc(C(=O)Nc3scc(-c4cc(C)ccc4C)c3C#N)c3ccccc3n2)c1. The second-order valence-corrected chi connectivity index (χ2v) is 9.65. The van der Waals surface area contributed by atoms with Crippen LogP contribution in [0.2, 0.25) is 0 Å². The van der Waals surface area contributed by atoms with Crippen molar-refractivity contribution in [1.82, 2.24) is 4.98 Å². The molecule has 2 aromatic heterocycles. The van der Waals surface area contributed by atoms with E-state index in [2.05, 4.69) is 23.5 Å². The van der Waals surface area contributed by atoms with Gasteiger partial charge < -0.3 is 10.1 Å². The van der Waals surface area contributed by atoms with Gasteiger partial charge in [0, 0.05) is 21.9 Å². The van der Waals surface area contributed by atoms with Crippen molar-refractivity contribution in [1.29, 1.82) is 5.26 Å². The summed E-state index contributed by atoms with van der Waals surface area (Å²) in [6, 6.07) is 25.5. The Balaban J connectivity index is 1.56. The molecule has 2 heterocycles. The summed E-state index contributed by atoms with van der Waals surface area (Å²) in [5.41, 5.74) is 7.24. The molecular formula is C31H25N3O2S. The smallest absolute Gasteiger partial charge is 0.257 e. The van der Waals surface area contributed by atoms with Crippen LogP contribution in [0.4, 0.5) is 5.00 Å². The highest BCUT2D eigenvalue weighted by Gasteiger charge is 2.20. The summed E-state index contributed by atoms with van der Waals surface area (Å²) in [6.07, 6.45) is 0. The molecule has 0 aliphatic rings. The number of aryl methyl sites for hydroxylation is 2. The molecule has 1 amide bonds. The van der Waals surface area contributed by atoms with Gasteiger partial charge in [-0.2, -0.15) is 5.26 Å². The first-order valence-electron chi connectivity index (χ1n) is 12.0. The number of pyridine rings is 1. The van der Waals surface area contributed by atoms with Crippen LogP contribution in [-0.2, 0) is 0 Å². The van der Waals surface area contributed by atoms with Crippen molar-refractivity contribution >= 4 is 33.1 Å². The summed E-state index contributed by atoms with van der Waals surface area (Å²) >= 11 is 1.36. The normalized spacial score (nSPS) is 10.8. The number of aromatic nitrogens is 1. The van der Waals surface area contributed by atoms with Gasteiger partial charge in [-0.1, -0.05) is 54.1 Å². The molecule has 0 radical (unpaired) electrons. The van der Waals surface area contributed by atoms with Gasteiger partial charge in [0.2, 0.25) is 0 Å². The Hall–Kier alpha value is -4.47. The van der Waals surface area contributed by atoms with Crippen LogP contribution in [0, 0.1) is 25.2 Å². The number of anilines is 1. The quantitative estimate of drug-likeness (QED) is 0.257. The first-order valence-corrected chi connectivity index (χ1v) is 12.9. The fraction of sp³-hybridized carbons (Fsp3) is 0.129. The van der Waals surface area contributed by atoms with Gasteiger partial charge in [0.05, 0.1) is 28.9 Å². The predicted octanol–water partition coefficient (Wildman–Crippen LogP) is 7.77. The number of nitrogens with zero attached hydrogens (tertiary/aromatic N) is 2. The first-order chi connectivity index (χ1) is 18.0. The van der Waals surface area contributed by atoms with E-state index in [9.17, 15) is 10.1 Å². The van der Waals surface area contributed by atoms with Gasteiger partial charge in [0.25, 0.3) is 5.91 Å². The van der Waals surface area contributed by atoms with Gasteiger partial charge in [0.1, 0.15) is 16.8 Å². The summed E-state index contributed by atoms with van der Waals surface area (Å²) in [5, 5.41) is 16.2. The summed E-state index contributed by atoms with van der Waals surface area (Å²) in [4.78, 5) is 18.5. The lowest BCUT2D eigenvalue weighted by Crippen LogP contribution is -2.13. The lowest BCUT2D eigenvalue weighted by atomic mass is 9.98. The average Bonchev–Trinajstić information content (AvgIpc) is 3.31. The Labute approximate surface area is 220 Å². The van der Waals surface area contributed by atoms with Crippen LogP contribution in [0.3, 0.4) is 0 Å². The molecule has 3 aromatic carbocycles. The highest BCUT2D eigenvalue weighted by Crippen LogP contribution is 2.37. The van der Waals surface area contributed by atoms with Crippen LogP contribution >= 0.6 is 11.3 Å². The zero-order valence-corrected chi connectivity index (χ0v) is 21.6. The standard InChI is InChI=1S/C31H25N3O2S/c1-4-36-22-9-7-8-21(15-22)29-16-25(23-10-5-6-11-28(23)33-29)30(35)34-31-26(17-32)27(18-37-31)24-14-19(2)12-13-20(24)3/h5-16,18H,4H2,1-3H3,(H,34,35). The minimum Gasteiger partial charge on any atom is -0.494 e. The number of nitrogens with one attached hydrogen (secondary N) is 1. The number of nitriles is 1. The van der Waals surface area contributed by atoms with Gasteiger partial charge in [0.15, 0.2) is 0 Å². The molecule has 0 aliphatic heterocycles. The molecule has 0 spiro atoms. The van der Waals surface area contributed by atoms with Crippen LogP contribution < -0.4 is 10.1 Å². The molecule has 0 atom stereocenters. The Morgan fingerprint density at radius 1 is 1.03 bits per heavy atom. The number of amides is 1. The van der Waals surface area contributed by atoms with Crippen molar-refractivity contribution in [2.75, 3.05) is 11.9 Å². The second-order valence-electron chi connectivity index (χ2n) is 8.77. The molecule has 182 valence electrons. The molecule has 0 unspecified atom stereocenters. The van der Waals surface area contributed by atoms with E-state index >= 15 is 0 Å². The third-order valence-electron chi connectivity index (χ3n) is 6.21. The summed E-state index contributed by atoms with van der Waals surface area (Å²) in [7, 11) is 0. The van der Waals surface area contributed by atoms with E-state index in [-0.39, 0.29) is 5.91 Å². The summed E-state index contributed by atoms with van der Waals surface area (Å²) < 4.78 is 5.66. The molecule has 5 rings (SSSR count). The third-order valence-corrected chi connectivity index (χ3v) is 7.11. The number of hydrogen-bond acceptors (Lipinski definition) is 5. The summed E-state index contributed by atoms with van der Waals surface area (Å²) in [5.74, 6) is 0.462. The number of fused-ring (bicyclic) bond motifs is 1. The highest BCUT2D eigenvalue weighted by molar-refractivity contribution is 7.15. The first kappa shape index (κ1) is 24.2. The minimum absolute atomic E-state index is 0.285. The lowest BCUT2D eigenvalue weighted by molar-refractivity contribution is 0.102. The number of hydrogen-bond donors (Lipinski definition) is 1. The van der Waals surface area contributed by atoms with Gasteiger partial charge in [-0.3, -0.25) is 4.79 Å². The molecule has 6 heteroatoms. The number of thiophene rings is 1. The van der Waals surface area contributed by atoms with Crippen LogP contribution in [0.25, 0.3) is 33.3 Å². The number of para-hydroxylation sites is 1. The maximum absolute atomic E-state index is 13.6. The lowest BCUT2D eigenvalue weighted by Gasteiger charge is -2.11. The van der Waals surface area contributed by atoms with E-state index in [1.807, 2.05) is 80.7 Å². The zero-order valence-electron chi connectivity index (χ0n) is 20.8. The molecule has 5 aromatic rings. The Kier molecular flexibility index (Phi) is 6.72.